The molecule has 5 aromatic rings. The Hall–Kier alpha value is -4.30. The van der Waals surface area contributed by atoms with Crippen LogP contribution in [0.4, 0.5) is 17.1 Å². The number of fused-ring (bicyclic) bond motifs is 2. The second kappa shape index (κ2) is 9.05. The number of nitrogens with one attached hydrogen (secondary N) is 3. The van der Waals surface area contributed by atoms with Crippen LogP contribution in [0.3, 0.4) is 0 Å². The molecule has 0 amide bonds. The van der Waals surface area contributed by atoms with Crippen molar-refractivity contribution in [2.24, 2.45) is 0 Å². The van der Waals surface area contributed by atoms with Crippen molar-refractivity contribution in [1.29, 1.82) is 0 Å². The minimum atomic E-state index is -0.261. The molecule has 2 aromatic heterocycles. The summed E-state index contributed by atoms with van der Waals surface area (Å²) in [4.78, 5) is 28.8. The Bertz CT molecular complexity index is 1600. The highest BCUT2D eigenvalue weighted by Gasteiger charge is 2.18. The summed E-state index contributed by atoms with van der Waals surface area (Å²) in [5.41, 5.74) is 12.8. The van der Waals surface area contributed by atoms with Crippen LogP contribution in [0.5, 0.6) is 0 Å². The van der Waals surface area contributed by atoms with Gasteiger partial charge in [-0.2, -0.15) is 0 Å². The highest BCUT2D eigenvalue weighted by molar-refractivity contribution is 5.99. The number of nitrogen functional groups attached to an aromatic ring is 1. The number of hydrogen-bond donors (Lipinski definition) is 4. The van der Waals surface area contributed by atoms with Crippen molar-refractivity contribution >= 4 is 39.0 Å². The number of piperazine rings is 1. The minimum absolute atomic E-state index is 0.261. The summed E-state index contributed by atoms with van der Waals surface area (Å²) in [6, 6.07) is 22.2. The van der Waals surface area contributed by atoms with Gasteiger partial charge in [-0.05, 0) is 49.0 Å². The summed E-state index contributed by atoms with van der Waals surface area (Å²) in [5.74, 6) is 0.476. The van der Waals surface area contributed by atoms with Crippen molar-refractivity contribution in [3.05, 3.63) is 82.6 Å². The lowest BCUT2D eigenvalue weighted by atomic mass is 10.1. The monoisotopic (exact) mass is 479 g/mol. The topological polar surface area (TPSA) is 106 Å². The molecule has 3 heterocycles. The molecule has 0 unspecified atom stereocenters. The van der Waals surface area contributed by atoms with E-state index in [-0.39, 0.29) is 5.56 Å². The van der Waals surface area contributed by atoms with Crippen molar-refractivity contribution in [3.8, 4) is 11.4 Å². The first-order chi connectivity index (χ1) is 17.5. The molecular formula is C28H29N7O. The molecule has 0 spiro atoms. The van der Waals surface area contributed by atoms with Crippen LogP contribution in [-0.4, -0.2) is 53.1 Å². The van der Waals surface area contributed by atoms with Crippen molar-refractivity contribution < 1.29 is 0 Å². The smallest absolute Gasteiger partial charge is 0.261 e. The fraction of sp³-hybridized carbons (Fsp3) is 0.214. The van der Waals surface area contributed by atoms with E-state index in [0.717, 1.165) is 54.0 Å². The van der Waals surface area contributed by atoms with Crippen LogP contribution >= 0.6 is 0 Å². The molecule has 0 radical (unpaired) electrons. The first kappa shape index (κ1) is 22.2. The number of imidazole rings is 1. The van der Waals surface area contributed by atoms with Crippen molar-refractivity contribution in [1.82, 2.24) is 19.9 Å². The van der Waals surface area contributed by atoms with Crippen molar-refractivity contribution in [3.63, 3.8) is 0 Å². The van der Waals surface area contributed by atoms with E-state index in [9.17, 15) is 4.79 Å². The summed E-state index contributed by atoms with van der Waals surface area (Å²) in [6.45, 7) is 4.75. The lowest BCUT2D eigenvalue weighted by molar-refractivity contribution is 0.313. The normalized spacial score (nSPS) is 14.5. The number of anilines is 3. The molecule has 182 valence electrons. The summed E-state index contributed by atoms with van der Waals surface area (Å²) < 4.78 is 0. The van der Waals surface area contributed by atoms with Gasteiger partial charge in [-0.15, -0.1) is 0 Å². The number of likely N-dealkylation sites (N-methyl/N-ethyl adjacent to an activating group) is 1. The van der Waals surface area contributed by atoms with E-state index < -0.39 is 0 Å². The molecule has 6 rings (SSSR count). The third-order valence-corrected chi connectivity index (χ3v) is 6.96. The third-order valence-electron chi connectivity index (χ3n) is 6.96. The third kappa shape index (κ3) is 4.16. The Morgan fingerprint density at radius 3 is 2.56 bits per heavy atom. The zero-order valence-corrected chi connectivity index (χ0v) is 20.2. The van der Waals surface area contributed by atoms with Crippen LogP contribution in [0.15, 0.2) is 71.5 Å². The minimum Gasteiger partial charge on any atom is -0.397 e. The highest BCUT2D eigenvalue weighted by atomic mass is 16.1. The number of hydrogen-bond acceptors (Lipinski definition) is 6. The van der Waals surface area contributed by atoms with E-state index in [1.165, 1.54) is 5.56 Å². The Morgan fingerprint density at radius 2 is 1.75 bits per heavy atom. The van der Waals surface area contributed by atoms with Crippen LogP contribution in [0.2, 0.25) is 0 Å². The van der Waals surface area contributed by atoms with E-state index >= 15 is 0 Å². The number of pyridine rings is 1. The second-order valence-electron chi connectivity index (χ2n) is 9.42. The van der Waals surface area contributed by atoms with Crippen molar-refractivity contribution in [2.45, 2.75) is 6.54 Å². The van der Waals surface area contributed by atoms with E-state index in [1.807, 2.05) is 42.5 Å². The molecular weight excluding hydrogens is 450 g/mol. The van der Waals surface area contributed by atoms with Gasteiger partial charge in [-0.1, -0.05) is 30.3 Å². The number of rotatable bonds is 5. The van der Waals surface area contributed by atoms with Gasteiger partial charge < -0.3 is 30.8 Å². The largest absolute Gasteiger partial charge is 0.397 e. The fourth-order valence-corrected chi connectivity index (χ4v) is 4.84. The predicted octanol–water partition coefficient (Wildman–Crippen LogP) is 4.02. The number of aromatic amines is 2. The SMILES string of the molecule is CN1CCN(c2ccc3nc(-c4c(N)c5cc(NCc6ccccc6)ccc5[nH]c4=O)[nH]c3c2)CC1. The fourth-order valence-electron chi connectivity index (χ4n) is 4.84. The zero-order valence-electron chi connectivity index (χ0n) is 20.2. The van der Waals surface area contributed by atoms with Crippen molar-refractivity contribution in [2.75, 3.05) is 49.2 Å². The molecule has 8 nitrogen and oxygen atoms in total. The molecule has 0 bridgehead atoms. The van der Waals surface area contributed by atoms with Gasteiger partial charge in [0.2, 0.25) is 0 Å². The zero-order chi connectivity index (χ0) is 24.6. The van der Waals surface area contributed by atoms with Crippen LogP contribution in [0.25, 0.3) is 33.3 Å². The van der Waals surface area contributed by atoms with Gasteiger partial charge in [0.05, 0.1) is 22.2 Å². The van der Waals surface area contributed by atoms with Crippen LogP contribution < -0.4 is 21.5 Å². The molecule has 1 fully saturated rings. The first-order valence-corrected chi connectivity index (χ1v) is 12.2. The molecule has 8 heteroatoms. The summed E-state index contributed by atoms with van der Waals surface area (Å²) in [7, 11) is 2.15. The maximum atomic E-state index is 13.0. The molecule has 36 heavy (non-hydrogen) atoms. The van der Waals surface area contributed by atoms with E-state index in [2.05, 4.69) is 56.4 Å². The number of nitrogens with two attached hydrogens (primary N) is 1. The molecule has 0 aliphatic carbocycles. The Labute approximate surface area is 208 Å². The van der Waals surface area contributed by atoms with Gasteiger partial charge in [-0.25, -0.2) is 4.98 Å². The van der Waals surface area contributed by atoms with E-state index in [4.69, 9.17) is 10.7 Å². The predicted molar refractivity (Wildman–Crippen MR) is 148 cm³/mol. The summed E-state index contributed by atoms with van der Waals surface area (Å²) >= 11 is 0. The van der Waals surface area contributed by atoms with Gasteiger partial charge in [0.1, 0.15) is 11.4 Å². The number of benzene rings is 3. The Balaban J connectivity index is 1.34. The maximum absolute atomic E-state index is 13.0. The Morgan fingerprint density at radius 1 is 0.944 bits per heavy atom. The average Bonchev–Trinajstić information content (AvgIpc) is 3.31. The molecule has 1 aliphatic rings. The quantitative estimate of drug-likeness (QED) is 0.303. The van der Waals surface area contributed by atoms with Crippen LogP contribution in [0.1, 0.15) is 5.56 Å². The second-order valence-corrected chi connectivity index (χ2v) is 9.42. The lowest BCUT2D eigenvalue weighted by Crippen LogP contribution is -2.44. The van der Waals surface area contributed by atoms with Gasteiger partial charge in [-0.3, -0.25) is 4.79 Å². The Kier molecular flexibility index (Phi) is 5.58. The van der Waals surface area contributed by atoms with E-state index in [0.29, 0.717) is 29.1 Å². The van der Waals surface area contributed by atoms with Gasteiger partial charge in [0.15, 0.2) is 0 Å². The standard InChI is InChI=1S/C28H29N7O/c1-34-11-13-35(14-12-34)20-8-10-23-24(16-20)32-27(31-23)25-26(29)21-15-19(7-9-22(21)33-28(25)36)30-17-18-5-3-2-4-6-18/h2-10,15-16,30H,11-14,17H2,1H3,(H,31,32)(H3,29,33,36). The summed E-state index contributed by atoms with van der Waals surface area (Å²) in [6.07, 6.45) is 0. The average molecular weight is 480 g/mol. The van der Waals surface area contributed by atoms with Gasteiger partial charge in [0, 0.05) is 49.5 Å². The molecule has 1 saturated heterocycles. The number of H-pyrrole nitrogens is 2. The lowest BCUT2D eigenvalue weighted by Gasteiger charge is -2.34. The van der Waals surface area contributed by atoms with E-state index in [1.54, 1.807) is 0 Å². The summed E-state index contributed by atoms with van der Waals surface area (Å²) in [5, 5.41) is 4.22. The van der Waals surface area contributed by atoms with Crippen LogP contribution in [-0.2, 0) is 6.54 Å². The molecule has 3 aromatic carbocycles. The first-order valence-electron chi connectivity index (χ1n) is 12.2. The molecule has 0 atom stereocenters. The van der Waals surface area contributed by atoms with Gasteiger partial charge >= 0.3 is 0 Å². The molecule has 5 N–H and O–H groups in total. The van der Waals surface area contributed by atoms with Gasteiger partial charge in [0.25, 0.3) is 5.56 Å². The maximum Gasteiger partial charge on any atom is 0.261 e. The molecule has 1 aliphatic heterocycles. The number of nitrogens with zero attached hydrogens (tertiary/aromatic N) is 3. The van der Waals surface area contributed by atoms with Crippen LogP contribution in [0, 0.1) is 0 Å². The number of aromatic nitrogens is 3. The highest BCUT2D eigenvalue weighted by Crippen LogP contribution is 2.31. The molecule has 0 saturated carbocycles.